The van der Waals surface area contributed by atoms with Crippen molar-refractivity contribution in [3.05, 3.63) is 81.0 Å². The van der Waals surface area contributed by atoms with E-state index in [1.807, 2.05) is 61.5 Å². The SMILES string of the molecule is Cc1ccc(NC(=O)CSc2nc3sc4c(c3c(=O)n2-c2ccccc2)CC(C(C)C)OC4)cc1. The summed E-state index contributed by atoms with van der Waals surface area (Å²) >= 11 is 2.79. The lowest BCUT2D eigenvalue weighted by molar-refractivity contribution is -0.113. The van der Waals surface area contributed by atoms with Crippen LogP contribution in [0, 0.1) is 12.8 Å². The third kappa shape index (κ3) is 4.91. The van der Waals surface area contributed by atoms with Crippen LogP contribution >= 0.6 is 23.1 Å². The molecular weight excluding hydrogens is 478 g/mol. The third-order valence-corrected chi connectivity index (χ3v) is 8.17. The summed E-state index contributed by atoms with van der Waals surface area (Å²) in [7, 11) is 0. The maximum absolute atomic E-state index is 13.9. The van der Waals surface area contributed by atoms with Gasteiger partial charge in [0.1, 0.15) is 4.83 Å². The van der Waals surface area contributed by atoms with Crippen molar-refractivity contribution in [2.75, 3.05) is 11.1 Å². The average Bonchev–Trinajstić information content (AvgIpc) is 3.22. The summed E-state index contributed by atoms with van der Waals surface area (Å²) in [4.78, 5) is 33.2. The summed E-state index contributed by atoms with van der Waals surface area (Å²) in [6.07, 6.45) is 0.800. The zero-order chi connectivity index (χ0) is 24.5. The molecule has 5 rings (SSSR count). The molecule has 0 bridgehead atoms. The van der Waals surface area contributed by atoms with Gasteiger partial charge in [0.2, 0.25) is 5.91 Å². The number of thioether (sulfide) groups is 1. The minimum absolute atomic E-state index is 0.0874. The van der Waals surface area contributed by atoms with E-state index in [0.717, 1.165) is 27.4 Å². The fraction of sp³-hybridized carbons (Fsp3) is 0.296. The molecule has 0 saturated carbocycles. The van der Waals surface area contributed by atoms with Crippen molar-refractivity contribution in [1.29, 1.82) is 0 Å². The van der Waals surface area contributed by atoms with Crippen LogP contribution in [-0.4, -0.2) is 27.3 Å². The maximum atomic E-state index is 13.9. The summed E-state index contributed by atoms with van der Waals surface area (Å²) in [6.45, 7) is 6.79. The monoisotopic (exact) mass is 505 g/mol. The van der Waals surface area contributed by atoms with Crippen LogP contribution < -0.4 is 10.9 Å². The van der Waals surface area contributed by atoms with E-state index in [4.69, 9.17) is 9.72 Å². The number of rotatable bonds is 6. The molecule has 1 aliphatic rings. The van der Waals surface area contributed by atoms with Crippen LogP contribution in [-0.2, 0) is 22.6 Å². The number of hydrogen-bond acceptors (Lipinski definition) is 6. The first-order chi connectivity index (χ1) is 16.9. The van der Waals surface area contributed by atoms with E-state index in [1.54, 1.807) is 4.57 Å². The fourth-order valence-corrected chi connectivity index (χ4v) is 6.18. The molecule has 1 N–H and O–H groups in total. The van der Waals surface area contributed by atoms with Crippen LogP contribution in [0.15, 0.2) is 64.5 Å². The number of ether oxygens (including phenoxy) is 1. The molecular formula is C27H27N3O3S2. The van der Waals surface area contributed by atoms with Crippen LogP contribution in [0.2, 0.25) is 0 Å². The lowest BCUT2D eigenvalue weighted by Gasteiger charge is -2.26. The summed E-state index contributed by atoms with van der Waals surface area (Å²) in [5, 5.41) is 4.10. The van der Waals surface area contributed by atoms with E-state index in [-0.39, 0.29) is 23.3 Å². The maximum Gasteiger partial charge on any atom is 0.267 e. The number of benzene rings is 2. The third-order valence-electron chi connectivity index (χ3n) is 6.14. The molecule has 2 aromatic heterocycles. The van der Waals surface area contributed by atoms with Gasteiger partial charge in [0.15, 0.2) is 5.16 Å². The quantitative estimate of drug-likeness (QED) is 0.273. The van der Waals surface area contributed by atoms with Crippen molar-refractivity contribution in [2.45, 2.75) is 45.1 Å². The fourth-order valence-electron chi connectivity index (χ4n) is 4.20. The van der Waals surface area contributed by atoms with Gasteiger partial charge in [0, 0.05) is 17.0 Å². The van der Waals surface area contributed by atoms with E-state index in [2.05, 4.69) is 19.2 Å². The van der Waals surface area contributed by atoms with Gasteiger partial charge in [-0.3, -0.25) is 14.2 Å². The topological polar surface area (TPSA) is 73.2 Å². The predicted molar refractivity (Wildman–Crippen MR) is 143 cm³/mol. The second kappa shape index (κ2) is 9.97. The predicted octanol–water partition coefficient (Wildman–Crippen LogP) is 5.58. The van der Waals surface area contributed by atoms with E-state index in [0.29, 0.717) is 34.3 Å². The lowest BCUT2D eigenvalue weighted by atomic mass is 9.96. The van der Waals surface area contributed by atoms with E-state index in [9.17, 15) is 9.59 Å². The molecule has 6 nitrogen and oxygen atoms in total. The number of nitrogens with zero attached hydrogens (tertiary/aromatic N) is 2. The van der Waals surface area contributed by atoms with Gasteiger partial charge in [0.25, 0.3) is 5.56 Å². The summed E-state index contributed by atoms with van der Waals surface area (Å²) < 4.78 is 7.68. The highest BCUT2D eigenvalue weighted by atomic mass is 32.2. The van der Waals surface area contributed by atoms with Gasteiger partial charge in [-0.05, 0) is 42.7 Å². The van der Waals surface area contributed by atoms with Gasteiger partial charge < -0.3 is 10.1 Å². The van der Waals surface area contributed by atoms with Gasteiger partial charge in [-0.25, -0.2) is 4.98 Å². The van der Waals surface area contributed by atoms with Crippen LogP contribution in [0.5, 0.6) is 0 Å². The Balaban J connectivity index is 1.51. The lowest BCUT2D eigenvalue weighted by Crippen LogP contribution is -2.28. The molecule has 35 heavy (non-hydrogen) atoms. The van der Waals surface area contributed by atoms with Gasteiger partial charge in [-0.1, -0.05) is 61.5 Å². The number of anilines is 1. The van der Waals surface area contributed by atoms with Crippen LogP contribution in [0.1, 0.15) is 29.9 Å². The van der Waals surface area contributed by atoms with Crippen LogP contribution in [0.3, 0.4) is 0 Å². The number of nitrogens with one attached hydrogen (secondary N) is 1. The molecule has 4 aromatic rings. The molecule has 180 valence electrons. The van der Waals surface area contributed by atoms with Gasteiger partial charge in [0.05, 0.1) is 29.5 Å². The Labute approximate surface area is 212 Å². The van der Waals surface area contributed by atoms with Crippen molar-refractivity contribution < 1.29 is 9.53 Å². The number of thiophene rings is 1. The molecule has 1 amide bonds. The Kier molecular flexibility index (Phi) is 6.77. The Morgan fingerprint density at radius 3 is 2.66 bits per heavy atom. The van der Waals surface area contributed by atoms with E-state index < -0.39 is 0 Å². The molecule has 1 unspecified atom stereocenters. The first-order valence-corrected chi connectivity index (χ1v) is 13.4. The first kappa shape index (κ1) is 23.8. The molecule has 3 heterocycles. The number of amides is 1. The van der Waals surface area contributed by atoms with Crippen molar-refractivity contribution in [3.8, 4) is 5.69 Å². The number of carbonyl (C=O) groups excluding carboxylic acids is 1. The molecule has 0 spiro atoms. The van der Waals surface area contributed by atoms with Gasteiger partial charge in [-0.2, -0.15) is 0 Å². The zero-order valence-electron chi connectivity index (χ0n) is 19.9. The molecule has 1 aliphatic heterocycles. The number of fused-ring (bicyclic) bond motifs is 3. The highest BCUT2D eigenvalue weighted by Crippen LogP contribution is 2.36. The average molecular weight is 506 g/mol. The molecule has 0 saturated heterocycles. The number of aromatic nitrogens is 2. The van der Waals surface area contributed by atoms with Gasteiger partial charge >= 0.3 is 0 Å². The molecule has 0 radical (unpaired) electrons. The smallest absolute Gasteiger partial charge is 0.267 e. The molecule has 1 atom stereocenters. The van der Waals surface area contributed by atoms with Crippen molar-refractivity contribution >= 4 is 44.9 Å². The largest absolute Gasteiger partial charge is 0.372 e. The summed E-state index contributed by atoms with van der Waals surface area (Å²) in [5.74, 6) is 0.359. The Morgan fingerprint density at radius 1 is 1.20 bits per heavy atom. The van der Waals surface area contributed by atoms with Gasteiger partial charge in [-0.15, -0.1) is 11.3 Å². The zero-order valence-corrected chi connectivity index (χ0v) is 21.5. The molecule has 2 aromatic carbocycles. The van der Waals surface area contributed by atoms with E-state index >= 15 is 0 Å². The number of carbonyl (C=O) groups is 1. The molecule has 0 aliphatic carbocycles. The highest BCUT2D eigenvalue weighted by molar-refractivity contribution is 7.99. The standard InChI is InChI=1S/C27H27N3O3S2/c1-16(2)21-13-20-22(14-33-21)35-25-24(20)26(32)30(19-7-5-4-6-8-19)27(29-25)34-15-23(31)28-18-11-9-17(3)10-12-18/h4-12,16,21H,13-15H2,1-3H3,(H,28,31). The molecule has 0 fully saturated rings. The summed E-state index contributed by atoms with van der Waals surface area (Å²) in [5.41, 5.74) is 3.58. The van der Waals surface area contributed by atoms with Crippen molar-refractivity contribution in [1.82, 2.24) is 9.55 Å². The number of aryl methyl sites for hydroxylation is 1. The first-order valence-electron chi connectivity index (χ1n) is 11.6. The highest BCUT2D eigenvalue weighted by Gasteiger charge is 2.29. The van der Waals surface area contributed by atoms with E-state index in [1.165, 1.54) is 23.1 Å². The minimum atomic E-state index is -0.147. The van der Waals surface area contributed by atoms with Crippen molar-refractivity contribution in [2.24, 2.45) is 5.92 Å². The number of hydrogen-bond donors (Lipinski definition) is 1. The number of para-hydroxylation sites is 1. The Morgan fingerprint density at radius 2 is 1.94 bits per heavy atom. The Bertz CT molecular complexity index is 1430. The van der Waals surface area contributed by atoms with Crippen LogP contribution in [0.4, 0.5) is 5.69 Å². The minimum Gasteiger partial charge on any atom is -0.372 e. The Hall–Kier alpha value is -2.94. The summed E-state index contributed by atoms with van der Waals surface area (Å²) in [6, 6.07) is 17.2. The van der Waals surface area contributed by atoms with Crippen molar-refractivity contribution in [3.63, 3.8) is 0 Å². The second-order valence-electron chi connectivity index (χ2n) is 9.05. The normalized spacial score (nSPS) is 15.4. The second-order valence-corrected chi connectivity index (χ2v) is 11.1. The molecule has 8 heteroatoms. The van der Waals surface area contributed by atoms with Crippen LogP contribution in [0.25, 0.3) is 15.9 Å².